The minimum atomic E-state index is 0.473. The summed E-state index contributed by atoms with van der Waals surface area (Å²) in [5.41, 5.74) is 1.64. The van der Waals surface area contributed by atoms with Crippen molar-refractivity contribution in [1.29, 1.82) is 0 Å². The summed E-state index contributed by atoms with van der Waals surface area (Å²) in [6.45, 7) is 1.93. The lowest BCUT2D eigenvalue weighted by molar-refractivity contribution is 0.112. The molecule has 0 saturated carbocycles. The summed E-state index contributed by atoms with van der Waals surface area (Å²) < 4.78 is 10.5. The summed E-state index contributed by atoms with van der Waals surface area (Å²) in [5.74, 6) is 1.40. The van der Waals surface area contributed by atoms with E-state index in [1.54, 1.807) is 20.3 Å². The van der Waals surface area contributed by atoms with Gasteiger partial charge in [0.15, 0.2) is 11.3 Å². The number of aldehydes is 1. The molecule has 1 heterocycles. The number of thiazole rings is 1. The summed E-state index contributed by atoms with van der Waals surface area (Å²) in [4.78, 5) is 16.0. The first-order valence-electron chi connectivity index (χ1n) is 5.34. The summed E-state index contributed by atoms with van der Waals surface area (Å²) in [6, 6.07) is 5.53. The second kappa shape index (κ2) is 5.18. The van der Waals surface area contributed by atoms with Gasteiger partial charge in [-0.2, -0.15) is 0 Å². The van der Waals surface area contributed by atoms with Crippen molar-refractivity contribution in [2.45, 2.75) is 6.92 Å². The van der Waals surface area contributed by atoms with Gasteiger partial charge in [0.05, 0.1) is 19.9 Å². The van der Waals surface area contributed by atoms with Crippen LogP contribution in [-0.2, 0) is 0 Å². The number of carbonyl (C=O) groups is 1. The zero-order valence-corrected chi connectivity index (χ0v) is 11.2. The van der Waals surface area contributed by atoms with Crippen LogP contribution in [0.15, 0.2) is 18.2 Å². The highest BCUT2D eigenvalue weighted by atomic mass is 32.1. The van der Waals surface area contributed by atoms with Gasteiger partial charge in [-0.3, -0.25) is 4.79 Å². The van der Waals surface area contributed by atoms with Crippen molar-refractivity contribution in [2.24, 2.45) is 0 Å². The molecule has 2 aromatic rings. The number of carbonyl (C=O) groups excluding carboxylic acids is 1. The normalized spacial score (nSPS) is 10.2. The Morgan fingerprint density at radius 3 is 2.61 bits per heavy atom. The molecule has 2 rings (SSSR count). The Morgan fingerprint density at radius 1 is 1.28 bits per heavy atom. The number of ether oxygens (including phenoxy) is 2. The van der Waals surface area contributed by atoms with E-state index in [2.05, 4.69) is 4.98 Å². The van der Waals surface area contributed by atoms with E-state index in [-0.39, 0.29) is 0 Å². The summed E-state index contributed by atoms with van der Waals surface area (Å²) in [6.07, 6.45) is 0.761. The molecule has 0 aliphatic carbocycles. The van der Waals surface area contributed by atoms with Gasteiger partial charge < -0.3 is 9.47 Å². The van der Waals surface area contributed by atoms with Gasteiger partial charge >= 0.3 is 0 Å². The third-order valence-electron chi connectivity index (χ3n) is 2.58. The Bertz CT molecular complexity index is 578. The molecule has 0 unspecified atom stereocenters. The Morgan fingerprint density at radius 2 is 2.06 bits per heavy atom. The summed E-state index contributed by atoms with van der Waals surface area (Å²) in [5, 5.41) is 0.473. The Balaban J connectivity index is 2.55. The van der Waals surface area contributed by atoms with Gasteiger partial charge in [-0.1, -0.05) is 0 Å². The lowest BCUT2D eigenvalue weighted by Gasteiger charge is -2.09. The Kier molecular flexibility index (Phi) is 3.62. The molecule has 0 amide bonds. The fourth-order valence-electron chi connectivity index (χ4n) is 1.71. The first-order valence-corrected chi connectivity index (χ1v) is 6.16. The standard InChI is InChI=1S/C13H13NO3S/c1-8-13(14-12(7-15)18-8)10-5-4-9(16-2)6-11(10)17-3/h4-7H,1-3H3. The molecule has 1 aromatic heterocycles. The molecule has 0 atom stereocenters. The molecule has 18 heavy (non-hydrogen) atoms. The number of hydrogen-bond acceptors (Lipinski definition) is 5. The van der Waals surface area contributed by atoms with Crippen LogP contribution < -0.4 is 9.47 Å². The number of benzene rings is 1. The van der Waals surface area contributed by atoms with Gasteiger partial charge in [-0.05, 0) is 19.1 Å². The maximum Gasteiger partial charge on any atom is 0.178 e. The van der Waals surface area contributed by atoms with E-state index in [4.69, 9.17) is 9.47 Å². The van der Waals surface area contributed by atoms with Crippen molar-refractivity contribution in [3.05, 3.63) is 28.1 Å². The molecule has 0 saturated heterocycles. The molecule has 5 heteroatoms. The van der Waals surface area contributed by atoms with E-state index in [0.717, 1.165) is 28.2 Å². The van der Waals surface area contributed by atoms with Crippen molar-refractivity contribution in [2.75, 3.05) is 14.2 Å². The molecule has 0 radical (unpaired) electrons. The average Bonchev–Trinajstić information content (AvgIpc) is 2.79. The van der Waals surface area contributed by atoms with Crippen molar-refractivity contribution >= 4 is 17.6 Å². The fraction of sp³-hybridized carbons (Fsp3) is 0.231. The molecular formula is C13H13NO3S. The predicted molar refractivity (Wildman–Crippen MR) is 70.8 cm³/mol. The lowest BCUT2D eigenvalue weighted by atomic mass is 10.1. The molecule has 0 N–H and O–H groups in total. The van der Waals surface area contributed by atoms with Gasteiger partial charge in [0.2, 0.25) is 0 Å². The predicted octanol–water partition coefficient (Wildman–Crippen LogP) is 2.95. The number of hydrogen-bond donors (Lipinski definition) is 0. The molecule has 0 fully saturated rings. The van der Waals surface area contributed by atoms with E-state index < -0.39 is 0 Å². The zero-order chi connectivity index (χ0) is 13.1. The summed E-state index contributed by atoms with van der Waals surface area (Å²) >= 11 is 1.37. The van der Waals surface area contributed by atoms with Crippen LogP contribution in [0.25, 0.3) is 11.3 Å². The van der Waals surface area contributed by atoms with Crippen LogP contribution in [-0.4, -0.2) is 25.5 Å². The van der Waals surface area contributed by atoms with E-state index in [0.29, 0.717) is 10.8 Å². The number of rotatable bonds is 4. The van der Waals surface area contributed by atoms with Gasteiger partial charge in [-0.25, -0.2) is 4.98 Å². The second-order valence-electron chi connectivity index (χ2n) is 3.64. The molecule has 4 nitrogen and oxygen atoms in total. The van der Waals surface area contributed by atoms with Gasteiger partial charge in [0.25, 0.3) is 0 Å². The van der Waals surface area contributed by atoms with E-state index >= 15 is 0 Å². The second-order valence-corrected chi connectivity index (χ2v) is 4.88. The van der Waals surface area contributed by atoms with Crippen LogP contribution in [0, 0.1) is 6.92 Å². The van der Waals surface area contributed by atoms with Crippen LogP contribution in [0.2, 0.25) is 0 Å². The minimum absolute atomic E-state index is 0.473. The highest BCUT2D eigenvalue weighted by Crippen LogP contribution is 2.36. The van der Waals surface area contributed by atoms with Gasteiger partial charge in [-0.15, -0.1) is 11.3 Å². The topological polar surface area (TPSA) is 48.4 Å². The van der Waals surface area contributed by atoms with Crippen molar-refractivity contribution in [3.8, 4) is 22.8 Å². The number of nitrogens with zero attached hydrogens (tertiary/aromatic N) is 1. The quantitative estimate of drug-likeness (QED) is 0.796. The van der Waals surface area contributed by atoms with Crippen LogP contribution in [0.3, 0.4) is 0 Å². The van der Waals surface area contributed by atoms with Crippen molar-refractivity contribution < 1.29 is 14.3 Å². The molecule has 94 valence electrons. The third kappa shape index (κ3) is 2.22. The molecule has 0 aliphatic rings. The third-order valence-corrected chi connectivity index (χ3v) is 3.47. The number of methoxy groups -OCH3 is 2. The van der Waals surface area contributed by atoms with Crippen LogP contribution in [0.5, 0.6) is 11.5 Å². The van der Waals surface area contributed by atoms with Crippen LogP contribution in [0.1, 0.15) is 14.7 Å². The van der Waals surface area contributed by atoms with Crippen LogP contribution >= 0.6 is 11.3 Å². The lowest BCUT2D eigenvalue weighted by Crippen LogP contribution is -1.91. The maximum atomic E-state index is 10.8. The molecule has 0 spiro atoms. The first-order chi connectivity index (χ1) is 8.69. The minimum Gasteiger partial charge on any atom is -0.497 e. The fourth-order valence-corrected chi connectivity index (χ4v) is 2.46. The van der Waals surface area contributed by atoms with E-state index in [9.17, 15) is 4.79 Å². The molecule has 0 bridgehead atoms. The van der Waals surface area contributed by atoms with Crippen molar-refractivity contribution in [3.63, 3.8) is 0 Å². The first kappa shape index (κ1) is 12.6. The molecule has 0 aliphatic heterocycles. The van der Waals surface area contributed by atoms with Crippen molar-refractivity contribution in [1.82, 2.24) is 4.98 Å². The summed E-state index contributed by atoms with van der Waals surface area (Å²) in [7, 11) is 3.20. The SMILES string of the molecule is COc1ccc(-c2nc(C=O)sc2C)c(OC)c1. The Labute approximate surface area is 109 Å². The molecular weight excluding hydrogens is 250 g/mol. The number of aryl methyl sites for hydroxylation is 1. The van der Waals surface area contributed by atoms with Crippen LogP contribution in [0.4, 0.5) is 0 Å². The maximum absolute atomic E-state index is 10.8. The Hall–Kier alpha value is -1.88. The highest BCUT2D eigenvalue weighted by molar-refractivity contribution is 7.13. The number of aromatic nitrogens is 1. The average molecular weight is 263 g/mol. The largest absolute Gasteiger partial charge is 0.497 e. The smallest absolute Gasteiger partial charge is 0.178 e. The zero-order valence-electron chi connectivity index (χ0n) is 10.4. The molecule has 1 aromatic carbocycles. The monoisotopic (exact) mass is 263 g/mol. The van der Waals surface area contributed by atoms with E-state index in [1.807, 2.05) is 19.1 Å². The van der Waals surface area contributed by atoms with Gasteiger partial charge in [0, 0.05) is 16.5 Å². The van der Waals surface area contributed by atoms with Gasteiger partial charge in [0.1, 0.15) is 11.5 Å². The highest BCUT2D eigenvalue weighted by Gasteiger charge is 2.14. The van der Waals surface area contributed by atoms with E-state index in [1.165, 1.54) is 11.3 Å².